The van der Waals surface area contributed by atoms with Crippen molar-refractivity contribution in [3.8, 4) is 11.3 Å². The molecule has 6 rings (SSSR count). The fourth-order valence-corrected chi connectivity index (χ4v) is 7.24. The number of hydrogen-bond donors (Lipinski definition) is 1. The van der Waals surface area contributed by atoms with Gasteiger partial charge in [0.05, 0.1) is 27.0 Å². The molecule has 3 fully saturated rings. The standard InChI is InChI=1S/C28H26Cl3N3O6S/c1-41(37,38)33-27(35)15-7-10-22(21(31)11-15)34-16-8-9-17(34)13-18(12-16)39-28(36)24-25(32-40-26(24)14-5-6-14)23-19(29)3-2-4-20(23)30/h2-4,7,10-11,14,16-18H,5-6,8-9,12-13H2,1H3,(H,33,35)/t16-,17+,18+. The number of fused-ring (bicyclic) bond motifs is 2. The molecule has 0 unspecified atom stereocenters. The SMILES string of the molecule is CS(=O)(=O)NC(=O)c1ccc(N2[C@@H]3CC[C@H]2C[C@@H](OC(=O)c2c(-c4c(Cl)cccc4Cl)noc2C2CC2)C3)c(Cl)c1. The molecule has 41 heavy (non-hydrogen) atoms. The third kappa shape index (κ3) is 5.67. The van der Waals surface area contributed by atoms with Gasteiger partial charge < -0.3 is 14.2 Å². The molecule has 1 aromatic heterocycles. The molecule has 3 heterocycles. The Hall–Kier alpha value is -2.79. The van der Waals surface area contributed by atoms with E-state index in [-0.39, 0.29) is 35.2 Å². The molecule has 1 amide bonds. The van der Waals surface area contributed by atoms with E-state index >= 15 is 0 Å². The first kappa shape index (κ1) is 28.3. The number of amides is 1. The molecule has 3 aromatic rings. The Morgan fingerprint density at radius 1 is 1.00 bits per heavy atom. The van der Waals surface area contributed by atoms with E-state index in [9.17, 15) is 18.0 Å². The quantitative estimate of drug-likeness (QED) is 0.303. The minimum absolute atomic E-state index is 0.0719. The maximum absolute atomic E-state index is 13.7. The Morgan fingerprint density at radius 3 is 2.24 bits per heavy atom. The Balaban J connectivity index is 1.21. The molecule has 2 bridgehead atoms. The fourth-order valence-electron chi connectivity index (χ4n) is 5.93. The van der Waals surface area contributed by atoms with Crippen LogP contribution in [0.4, 0.5) is 5.69 Å². The van der Waals surface area contributed by atoms with Crippen molar-refractivity contribution in [3.63, 3.8) is 0 Å². The number of carbonyl (C=O) groups is 2. The van der Waals surface area contributed by atoms with Gasteiger partial charge in [-0.1, -0.05) is 46.0 Å². The molecule has 2 aliphatic heterocycles. The van der Waals surface area contributed by atoms with Gasteiger partial charge in [0.15, 0.2) is 5.76 Å². The van der Waals surface area contributed by atoms with Crippen LogP contribution in [0.5, 0.6) is 0 Å². The third-order valence-electron chi connectivity index (χ3n) is 7.80. The highest BCUT2D eigenvalue weighted by Crippen LogP contribution is 2.47. The monoisotopic (exact) mass is 637 g/mol. The third-order valence-corrected chi connectivity index (χ3v) is 9.29. The number of halogens is 3. The molecule has 0 spiro atoms. The topological polar surface area (TPSA) is 119 Å². The summed E-state index contributed by atoms with van der Waals surface area (Å²) in [5.74, 6) is -0.626. The van der Waals surface area contributed by atoms with Gasteiger partial charge in [-0.05, 0) is 56.0 Å². The number of anilines is 1. The lowest BCUT2D eigenvalue weighted by Crippen LogP contribution is -2.46. The van der Waals surface area contributed by atoms with Crippen molar-refractivity contribution in [1.82, 2.24) is 9.88 Å². The number of carbonyl (C=O) groups excluding carboxylic acids is 2. The first-order chi connectivity index (χ1) is 19.5. The van der Waals surface area contributed by atoms with Crippen molar-refractivity contribution in [2.45, 2.75) is 62.6 Å². The number of benzene rings is 2. The lowest BCUT2D eigenvalue weighted by atomic mass is 9.98. The molecule has 2 aromatic carbocycles. The molecule has 1 N–H and O–H groups in total. The van der Waals surface area contributed by atoms with Gasteiger partial charge in [-0.25, -0.2) is 17.9 Å². The minimum atomic E-state index is -3.70. The summed E-state index contributed by atoms with van der Waals surface area (Å²) < 4.78 is 36.6. The van der Waals surface area contributed by atoms with Gasteiger partial charge in [-0.3, -0.25) is 4.79 Å². The molecule has 1 saturated carbocycles. The van der Waals surface area contributed by atoms with Crippen molar-refractivity contribution in [3.05, 3.63) is 68.4 Å². The van der Waals surface area contributed by atoms with Crippen molar-refractivity contribution in [1.29, 1.82) is 0 Å². The van der Waals surface area contributed by atoms with Gasteiger partial charge in [0.1, 0.15) is 17.4 Å². The normalized spacial score (nSPS) is 22.0. The number of rotatable bonds is 7. The molecule has 3 atom stereocenters. The molecule has 3 aliphatic rings. The summed E-state index contributed by atoms with van der Waals surface area (Å²) in [4.78, 5) is 28.1. The molecule has 9 nitrogen and oxygen atoms in total. The molecular formula is C28H26Cl3N3O6S. The summed E-state index contributed by atoms with van der Waals surface area (Å²) in [6.07, 6.45) is 5.39. The van der Waals surface area contributed by atoms with Gasteiger partial charge in [-0.15, -0.1) is 0 Å². The van der Waals surface area contributed by atoms with E-state index in [1.54, 1.807) is 30.3 Å². The largest absolute Gasteiger partial charge is 0.458 e. The number of piperidine rings is 1. The van der Waals surface area contributed by atoms with E-state index in [2.05, 4.69) is 10.1 Å². The first-order valence-corrected chi connectivity index (χ1v) is 16.3. The lowest BCUT2D eigenvalue weighted by molar-refractivity contribution is 0.0202. The smallest absolute Gasteiger partial charge is 0.344 e. The summed E-state index contributed by atoms with van der Waals surface area (Å²) in [6, 6.07) is 10.00. The molecule has 0 radical (unpaired) electrons. The average molecular weight is 639 g/mol. The predicted octanol–water partition coefficient (Wildman–Crippen LogP) is 6.23. The lowest BCUT2D eigenvalue weighted by Gasteiger charge is -2.40. The number of nitrogens with zero attached hydrogens (tertiary/aromatic N) is 2. The maximum atomic E-state index is 13.7. The maximum Gasteiger partial charge on any atom is 0.344 e. The number of nitrogens with one attached hydrogen (secondary N) is 1. The zero-order valence-corrected chi connectivity index (χ0v) is 25.0. The minimum Gasteiger partial charge on any atom is -0.458 e. The van der Waals surface area contributed by atoms with Gasteiger partial charge >= 0.3 is 5.97 Å². The van der Waals surface area contributed by atoms with Crippen LogP contribution < -0.4 is 9.62 Å². The molecule has 216 valence electrons. The number of hydrogen-bond acceptors (Lipinski definition) is 8. The van der Waals surface area contributed by atoms with E-state index in [4.69, 9.17) is 44.1 Å². The number of aromatic nitrogens is 1. The van der Waals surface area contributed by atoms with Crippen LogP contribution >= 0.6 is 34.8 Å². The summed E-state index contributed by atoms with van der Waals surface area (Å²) in [5.41, 5.74) is 1.92. The van der Waals surface area contributed by atoms with E-state index in [1.807, 2.05) is 4.72 Å². The molecular weight excluding hydrogens is 613 g/mol. The van der Waals surface area contributed by atoms with E-state index < -0.39 is 21.9 Å². The second kappa shape index (κ2) is 10.8. The highest BCUT2D eigenvalue weighted by molar-refractivity contribution is 7.89. The van der Waals surface area contributed by atoms with Gasteiger partial charge in [0.25, 0.3) is 5.91 Å². The Labute approximate surface area is 252 Å². The van der Waals surface area contributed by atoms with Crippen molar-refractivity contribution >= 4 is 62.4 Å². The predicted molar refractivity (Wildman–Crippen MR) is 155 cm³/mol. The fraction of sp³-hybridized carbons (Fsp3) is 0.393. The number of ether oxygens (including phenoxy) is 1. The second-order valence-electron chi connectivity index (χ2n) is 10.8. The summed E-state index contributed by atoms with van der Waals surface area (Å²) in [7, 11) is -3.70. The first-order valence-electron chi connectivity index (χ1n) is 13.2. The number of sulfonamides is 1. The molecule has 1 aliphatic carbocycles. The second-order valence-corrected chi connectivity index (χ2v) is 13.8. The molecule has 13 heteroatoms. The zero-order valence-electron chi connectivity index (χ0n) is 21.9. The Bertz CT molecular complexity index is 1620. The van der Waals surface area contributed by atoms with Crippen LogP contribution in [0.2, 0.25) is 15.1 Å². The highest BCUT2D eigenvalue weighted by Gasteiger charge is 2.44. The summed E-state index contributed by atoms with van der Waals surface area (Å²) in [6.45, 7) is 0. The average Bonchev–Trinajstić information content (AvgIpc) is 3.59. The van der Waals surface area contributed by atoms with Gasteiger partial charge in [0, 0.05) is 42.0 Å². The summed E-state index contributed by atoms with van der Waals surface area (Å²) >= 11 is 19.5. The van der Waals surface area contributed by atoms with E-state index in [1.165, 1.54) is 6.07 Å². The van der Waals surface area contributed by atoms with Crippen LogP contribution in [0.1, 0.15) is 70.9 Å². The van der Waals surface area contributed by atoms with Crippen LogP contribution in [-0.4, -0.2) is 49.9 Å². The molecule has 2 saturated heterocycles. The van der Waals surface area contributed by atoms with E-state index in [0.29, 0.717) is 44.9 Å². The van der Waals surface area contributed by atoms with Crippen LogP contribution in [-0.2, 0) is 14.8 Å². The highest BCUT2D eigenvalue weighted by atomic mass is 35.5. The van der Waals surface area contributed by atoms with Crippen LogP contribution in [0, 0.1) is 0 Å². The Kier molecular flexibility index (Phi) is 7.46. The zero-order chi connectivity index (χ0) is 29.1. The van der Waals surface area contributed by atoms with Crippen molar-refractivity contribution < 1.29 is 27.3 Å². The van der Waals surface area contributed by atoms with Crippen LogP contribution in [0.15, 0.2) is 40.9 Å². The van der Waals surface area contributed by atoms with Crippen molar-refractivity contribution in [2.75, 3.05) is 11.2 Å². The van der Waals surface area contributed by atoms with Gasteiger partial charge in [0.2, 0.25) is 10.0 Å². The Morgan fingerprint density at radius 2 is 1.66 bits per heavy atom. The van der Waals surface area contributed by atoms with E-state index in [0.717, 1.165) is 37.6 Å². The van der Waals surface area contributed by atoms with Crippen LogP contribution in [0.25, 0.3) is 11.3 Å². The summed E-state index contributed by atoms with van der Waals surface area (Å²) in [5, 5.41) is 5.27. The number of esters is 1. The van der Waals surface area contributed by atoms with Crippen LogP contribution in [0.3, 0.4) is 0 Å². The van der Waals surface area contributed by atoms with Gasteiger partial charge in [-0.2, -0.15) is 0 Å². The van der Waals surface area contributed by atoms with Crippen molar-refractivity contribution in [2.24, 2.45) is 0 Å².